The van der Waals surface area contributed by atoms with E-state index >= 15 is 0 Å². The van der Waals surface area contributed by atoms with Crippen LogP contribution in [0.2, 0.25) is 0 Å². The van der Waals surface area contributed by atoms with E-state index in [2.05, 4.69) is 10.1 Å². The van der Waals surface area contributed by atoms with Gasteiger partial charge in [0.05, 0.1) is 11.7 Å². The van der Waals surface area contributed by atoms with E-state index < -0.39 is 32.1 Å². The van der Waals surface area contributed by atoms with Crippen LogP contribution in [0.15, 0.2) is 53.1 Å². The summed E-state index contributed by atoms with van der Waals surface area (Å²) in [4.78, 5) is 18.3. The van der Waals surface area contributed by atoms with Crippen LogP contribution in [-0.4, -0.2) is 59.6 Å². The molecule has 1 atom stereocenters. The Balaban J connectivity index is 1.29. The monoisotopic (exact) mass is 475 g/mol. The van der Waals surface area contributed by atoms with E-state index in [0.717, 1.165) is 0 Å². The standard InChI is InChI=1S/C22H19F2N3O5S/c23-15-3-1-14(2-4-15)20-25-21(32-26-20)18-9-10-33(29,30)22(18)12-27(13-22)19(28)11-31-17-7-5-16(24)6-8-17/h1-8,18H,9-13H2. The van der Waals surface area contributed by atoms with Gasteiger partial charge in [0.1, 0.15) is 22.1 Å². The molecule has 11 heteroatoms. The number of carbonyl (C=O) groups excluding carboxylic acids is 1. The average Bonchev–Trinajstić information content (AvgIpc) is 3.34. The Kier molecular flexibility index (Phi) is 5.15. The lowest BCUT2D eigenvalue weighted by Gasteiger charge is -2.48. The third-order valence-corrected chi connectivity index (χ3v) is 8.77. The molecule has 33 heavy (non-hydrogen) atoms. The first kappa shape index (κ1) is 21.5. The van der Waals surface area contributed by atoms with Crippen LogP contribution in [0.4, 0.5) is 8.78 Å². The molecule has 0 bridgehead atoms. The smallest absolute Gasteiger partial charge is 0.260 e. The van der Waals surface area contributed by atoms with Crippen molar-refractivity contribution >= 4 is 15.7 Å². The second-order valence-corrected chi connectivity index (χ2v) is 10.6. The van der Waals surface area contributed by atoms with Gasteiger partial charge in [-0.05, 0) is 55.0 Å². The van der Waals surface area contributed by atoms with Crippen molar-refractivity contribution in [1.29, 1.82) is 0 Å². The van der Waals surface area contributed by atoms with Crippen LogP contribution in [-0.2, 0) is 14.6 Å². The molecule has 8 nitrogen and oxygen atoms in total. The van der Waals surface area contributed by atoms with E-state index in [9.17, 15) is 22.0 Å². The van der Waals surface area contributed by atoms with Crippen molar-refractivity contribution in [2.24, 2.45) is 0 Å². The second kappa shape index (κ2) is 7.91. The molecule has 2 aromatic carbocycles. The van der Waals surface area contributed by atoms with Crippen LogP contribution in [0, 0.1) is 11.6 Å². The summed E-state index contributed by atoms with van der Waals surface area (Å²) in [6.07, 6.45) is 0.307. The fraction of sp³-hybridized carbons (Fsp3) is 0.318. The topological polar surface area (TPSA) is 103 Å². The van der Waals surface area contributed by atoms with E-state index in [1.807, 2.05) is 0 Å². The quantitative estimate of drug-likeness (QED) is 0.559. The molecule has 172 valence electrons. The summed E-state index contributed by atoms with van der Waals surface area (Å²) in [7, 11) is -3.50. The van der Waals surface area contributed by atoms with E-state index in [4.69, 9.17) is 9.26 Å². The largest absolute Gasteiger partial charge is 0.484 e. The molecule has 3 aromatic rings. The van der Waals surface area contributed by atoms with E-state index in [0.29, 0.717) is 17.7 Å². The Morgan fingerprint density at radius 3 is 2.39 bits per heavy atom. The Hall–Kier alpha value is -3.34. The molecule has 0 saturated carbocycles. The van der Waals surface area contributed by atoms with Crippen LogP contribution in [0.25, 0.3) is 11.4 Å². The summed E-state index contributed by atoms with van der Waals surface area (Å²) in [6.45, 7) is -0.290. The molecule has 0 radical (unpaired) electrons. The number of amides is 1. The molecule has 5 rings (SSSR count). The summed E-state index contributed by atoms with van der Waals surface area (Å²) in [6, 6.07) is 10.8. The number of sulfone groups is 1. The van der Waals surface area contributed by atoms with Gasteiger partial charge in [-0.15, -0.1) is 0 Å². The minimum absolute atomic E-state index is 0.000126. The molecule has 2 aliphatic rings. The lowest BCUT2D eigenvalue weighted by Crippen LogP contribution is -2.68. The van der Waals surface area contributed by atoms with Crippen molar-refractivity contribution in [2.75, 3.05) is 25.4 Å². The summed E-state index contributed by atoms with van der Waals surface area (Å²) in [5, 5.41) is 3.93. The fourth-order valence-corrected chi connectivity index (χ4v) is 6.67. The van der Waals surface area contributed by atoms with Crippen molar-refractivity contribution in [1.82, 2.24) is 15.0 Å². The molecule has 1 aromatic heterocycles. The molecule has 1 amide bonds. The van der Waals surface area contributed by atoms with E-state index in [1.54, 1.807) is 0 Å². The highest BCUT2D eigenvalue weighted by Crippen LogP contribution is 2.49. The van der Waals surface area contributed by atoms with Gasteiger partial charge in [0.2, 0.25) is 11.7 Å². The van der Waals surface area contributed by atoms with Gasteiger partial charge in [-0.3, -0.25) is 4.79 Å². The van der Waals surface area contributed by atoms with Gasteiger partial charge >= 0.3 is 0 Å². The van der Waals surface area contributed by atoms with E-state index in [-0.39, 0.29) is 43.1 Å². The lowest BCUT2D eigenvalue weighted by molar-refractivity contribution is -0.139. The number of hydrogen-bond donors (Lipinski definition) is 0. The average molecular weight is 475 g/mol. The number of nitrogens with zero attached hydrogens (tertiary/aromatic N) is 3. The Morgan fingerprint density at radius 1 is 1.09 bits per heavy atom. The molecule has 2 aliphatic heterocycles. The summed E-state index contributed by atoms with van der Waals surface area (Å²) < 4.78 is 61.6. The SMILES string of the molecule is O=C(COc1ccc(F)cc1)N1CC2(C1)C(c1nc(-c3ccc(F)cc3)no1)CCS2(=O)=O. The third kappa shape index (κ3) is 3.75. The van der Waals surface area contributed by atoms with Crippen LogP contribution in [0.3, 0.4) is 0 Å². The van der Waals surface area contributed by atoms with Gasteiger partial charge in [0.25, 0.3) is 5.91 Å². The predicted octanol–water partition coefficient (Wildman–Crippen LogP) is 2.58. The summed E-state index contributed by atoms with van der Waals surface area (Å²) in [5.74, 6) is -1.01. The number of aromatic nitrogens is 2. The molecular weight excluding hydrogens is 456 g/mol. The minimum Gasteiger partial charge on any atom is -0.484 e. The van der Waals surface area contributed by atoms with Crippen molar-refractivity contribution in [3.8, 4) is 17.1 Å². The maximum Gasteiger partial charge on any atom is 0.260 e. The van der Waals surface area contributed by atoms with Crippen molar-refractivity contribution in [3.05, 3.63) is 66.1 Å². The van der Waals surface area contributed by atoms with E-state index in [1.165, 1.54) is 53.4 Å². The number of benzene rings is 2. The Bertz CT molecular complexity index is 1290. The highest BCUT2D eigenvalue weighted by molar-refractivity contribution is 7.93. The normalized spacial score (nSPS) is 20.5. The number of hydrogen-bond acceptors (Lipinski definition) is 7. The van der Waals surface area contributed by atoms with Crippen molar-refractivity contribution in [2.45, 2.75) is 17.1 Å². The van der Waals surface area contributed by atoms with Crippen LogP contribution in [0.1, 0.15) is 18.2 Å². The molecule has 2 saturated heterocycles. The van der Waals surface area contributed by atoms with Crippen LogP contribution < -0.4 is 4.74 Å². The number of ether oxygens (including phenoxy) is 1. The highest BCUT2D eigenvalue weighted by atomic mass is 32.2. The zero-order chi connectivity index (χ0) is 23.2. The molecule has 2 fully saturated rings. The number of carbonyl (C=O) groups is 1. The molecule has 0 N–H and O–H groups in total. The Labute approximate surface area is 188 Å². The van der Waals surface area contributed by atoms with Crippen LogP contribution in [0.5, 0.6) is 5.75 Å². The predicted molar refractivity (Wildman–Crippen MR) is 112 cm³/mol. The first-order valence-electron chi connectivity index (χ1n) is 10.3. The minimum atomic E-state index is -3.50. The maximum atomic E-state index is 13.2. The highest BCUT2D eigenvalue weighted by Gasteiger charge is 2.64. The van der Waals surface area contributed by atoms with Gasteiger partial charge < -0.3 is 14.2 Å². The van der Waals surface area contributed by atoms with Crippen LogP contribution >= 0.6 is 0 Å². The van der Waals surface area contributed by atoms with Gasteiger partial charge in [-0.1, -0.05) is 5.16 Å². The number of rotatable bonds is 5. The summed E-state index contributed by atoms with van der Waals surface area (Å²) >= 11 is 0. The summed E-state index contributed by atoms with van der Waals surface area (Å²) in [5.41, 5.74) is 0.546. The zero-order valence-electron chi connectivity index (χ0n) is 17.3. The first-order chi connectivity index (χ1) is 15.8. The maximum absolute atomic E-state index is 13.2. The number of likely N-dealkylation sites (tertiary alicyclic amines) is 1. The Morgan fingerprint density at radius 2 is 1.73 bits per heavy atom. The molecular formula is C22H19F2N3O5S. The van der Waals surface area contributed by atoms with Crippen molar-refractivity contribution in [3.63, 3.8) is 0 Å². The molecule has 1 spiro atoms. The first-order valence-corrected chi connectivity index (χ1v) is 11.9. The van der Waals surface area contributed by atoms with Gasteiger partial charge in [0, 0.05) is 18.7 Å². The fourth-order valence-electron chi connectivity index (χ4n) is 4.36. The number of halogens is 2. The molecule has 3 heterocycles. The lowest BCUT2D eigenvalue weighted by atomic mass is 9.83. The molecule has 1 unspecified atom stereocenters. The zero-order valence-corrected chi connectivity index (χ0v) is 18.1. The van der Waals surface area contributed by atoms with Gasteiger partial charge in [-0.2, -0.15) is 4.98 Å². The second-order valence-electron chi connectivity index (χ2n) is 8.18. The van der Waals surface area contributed by atoms with Gasteiger partial charge in [-0.25, -0.2) is 17.2 Å². The van der Waals surface area contributed by atoms with Gasteiger partial charge in [0.15, 0.2) is 16.4 Å². The molecule has 0 aliphatic carbocycles. The van der Waals surface area contributed by atoms with Crippen molar-refractivity contribution < 1.29 is 31.3 Å². The third-order valence-electron chi connectivity index (χ3n) is 6.22.